The van der Waals surface area contributed by atoms with Gasteiger partial charge in [-0.05, 0) is 43.0 Å². The van der Waals surface area contributed by atoms with Crippen molar-refractivity contribution in [2.24, 2.45) is 17.6 Å². The van der Waals surface area contributed by atoms with Gasteiger partial charge in [0.2, 0.25) is 5.91 Å². The lowest BCUT2D eigenvalue weighted by atomic mass is 9.95. The Kier molecular flexibility index (Phi) is 6.72. The first kappa shape index (κ1) is 17.2. The fourth-order valence-corrected chi connectivity index (χ4v) is 2.84. The number of rotatable bonds is 4. The molecule has 0 aliphatic heterocycles. The second-order valence-electron chi connectivity index (χ2n) is 5.00. The molecule has 2 atom stereocenters. The second kappa shape index (κ2) is 7.81. The first-order valence-electron chi connectivity index (χ1n) is 6.53. The molecule has 1 aromatic rings. The molecule has 0 unspecified atom stereocenters. The number of carbonyl (C=O) groups excluding carboxylic acids is 1. The zero-order valence-corrected chi connectivity index (χ0v) is 12.6. The lowest BCUT2D eigenvalue weighted by Crippen LogP contribution is -2.34. The molecule has 0 saturated heterocycles. The minimum absolute atomic E-state index is 0. The smallest absolute Gasteiger partial charge is 0.223 e. The van der Waals surface area contributed by atoms with E-state index in [1.54, 1.807) is 6.07 Å². The number of amides is 1. The van der Waals surface area contributed by atoms with E-state index in [4.69, 9.17) is 17.3 Å². The van der Waals surface area contributed by atoms with Crippen molar-refractivity contribution in [3.05, 3.63) is 34.6 Å². The number of halogens is 3. The van der Waals surface area contributed by atoms with E-state index in [0.29, 0.717) is 13.1 Å². The van der Waals surface area contributed by atoms with Crippen LogP contribution >= 0.6 is 24.0 Å². The van der Waals surface area contributed by atoms with Gasteiger partial charge < -0.3 is 11.1 Å². The molecular formula is C14H19Cl2FN2O. The van der Waals surface area contributed by atoms with Crippen LogP contribution in [0.2, 0.25) is 5.02 Å². The zero-order chi connectivity index (χ0) is 13.8. The van der Waals surface area contributed by atoms with E-state index < -0.39 is 5.82 Å². The predicted octanol–water partition coefficient (Wildman–Crippen LogP) is 2.89. The van der Waals surface area contributed by atoms with Crippen LogP contribution in [0.1, 0.15) is 24.8 Å². The molecule has 0 radical (unpaired) electrons. The Labute approximate surface area is 129 Å². The highest BCUT2D eigenvalue weighted by atomic mass is 35.5. The van der Waals surface area contributed by atoms with Crippen LogP contribution in [-0.4, -0.2) is 12.5 Å². The van der Waals surface area contributed by atoms with Gasteiger partial charge in [0.05, 0.1) is 5.02 Å². The maximum Gasteiger partial charge on any atom is 0.223 e. The molecule has 1 fully saturated rings. The fraction of sp³-hybridized carbons (Fsp3) is 0.500. The molecule has 0 heterocycles. The van der Waals surface area contributed by atoms with Gasteiger partial charge in [-0.15, -0.1) is 12.4 Å². The summed E-state index contributed by atoms with van der Waals surface area (Å²) in [5.41, 5.74) is 6.46. The molecule has 0 aromatic heterocycles. The van der Waals surface area contributed by atoms with Crippen molar-refractivity contribution >= 4 is 29.9 Å². The average molecular weight is 321 g/mol. The molecule has 1 amide bonds. The fourth-order valence-electron chi connectivity index (χ4n) is 2.63. The molecule has 1 aliphatic carbocycles. The maximum absolute atomic E-state index is 13.0. The molecule has 3 N–H and O–H groups in total. The highest BCUT2D eigenvalue weighted by molar-refractivity contribution is 6.30. The first-order chi connectivity index (χ1) is 9.11. The summed E-state index contributed by atoms with van der Waals surface area (Å²) in [7, 11) is 0. The Hall–Kier alpha value is -0.840. The van der Waals surface area contributed by atoms with Crippen LogP contribution in [0.5, 0.6) is 0 Å². The molecule has 1 saturated carbocycles. The average Bonchev–Trinajstić information content (AvgIpc) is 2.88. The van der Waals surface area contributed by atoms with Crippen molar-refractivity contribution in [3.63, 3.8) is 0 Å². The predicted molar refractivity (Wildman–Crippen MR) is 80.4 cm³/mol. The monoisotopic (exact) mass is 320 g/mol. The highest BCUT2D eigenvalue weighted by Crippen LogP contribution is 2.31. The van der Waals surface area contributed by atoms with Crippen LogP contribution in [0, 0.1) is 17.7 Å². The van der Waals surface area contributed by atoms with Crippen LogP contribution in [0.3, 0.4) is 0 Å². The summed E-state index contributed by atoms with van der Waals surface area (Å²) >= 11 is 5.70. The molecule has 1 aliphatic rings. The van der Waals surface area contributed by atoms with Gasteiger partial charge in [0, 0.05) is 12.5 Å². The molecule has 0 bridgehead atoms. The topological polar surface area (TPSA) is 55.1 Å². The van der Waals surface area contributed by atoms with Gasteiger partial charge in [-0.1, -0.05) is 24.1 Å². The summed E-state index contributed by atoms with van der Waals surface area (Å²) in [6.07, 6.45) is 2.98. The molecule has 3 nitrogen and oxygen atoms in total. The summed E-state index contributed by atoms with van der Waals surface area (Å²) in [5, 5.41) is 2.95. The third-order valence-corrected chi connectivity index (χ3v) is 4.04. The first-order valence-corrected chi connectivity index (χ1v) is 6.91. The summed E-state index contributed by atoms with van der Waals surface area (Å²) in [6.45, 7) is 0.924. The van der Waals surface area contributed by atoms with E-state index >= 15 is 0 Å². The normalized spacial score (nSPS) is 21.4. The Morgan fingerprint density at radius 2 is 2.20 bits per heavy atom. The van der Waals surface area contributed by atoms with E-state index in [0.717, 1.165) is 24.8 Å². The maximum atomic E-state index is 13.0. The number of nitrogens with one attached hydrogen (secondary N) is 1. The largest absolute Gasteiger partial charge is 0.352 e. The van der Waals surface area contributed by atoms with E-state index in [-0.39, 0.29) is 35.2 Å². The molecule has 2 rings (SSSR count). The Morgan fingerprint density at radius 1 is 1.45 bits per heavy atom. The van der Waals surface area contributed by atoms with E-state index in [2.05, 4.69) is 5.32 Å². The van der Waals surface area contributed by atoms with Gasteiger partial charge >= 0.3 is 0 Å². The lowest BCUT2D eigenvalue weighted by Gasteiger charge is -2.17. The van der Waals surface area contributed by atoms with Crippen molar-refractivity contribution in [2.75, 3.05) is 6.54 Å². The Bertz CT molecular complexity index is 470. The van der Waals surface area contributed by atoms with Crippen molar-refractivity contribution in [1.29, 1.82) is 0 Å². The highest BCUT2D eigenvalue weighted by Gasteiger charge is 2.31. The quantitative estimate of drug-likeness (QED) is 0.896. The molecule has 6 heteroatoms. The Balaban J connectivity index is 0.00000200. The molecule has 0 spiro atoms. The summed E-state index contributed by atoms with van der Waals surface area (Å²) < 4.78 is 13.0. The van der Waals surface area contributed by atoms with Crippen LogP contribution in [0.15, 0.2) is 18.2 Å². The molecule has 20 heavy (non-hydrogen) atoms. The van der Waals surface area contributed by atoms with E-state index in [1.807, 2.05) is 0 Å². The van der Waals surface area contributed by atoms with Crippen molar-refractivity contribution in [3.8, 4) is 0 Å². The third-order valence-electron chi connectivity index (χ3n) is 3.75. The molecule has 112 valence electrons. The Morgan fingerprint density at radius 3 is 2.85 bits per heavy atom. The number of carbonyl (C=O) groups is 1. The van der Waals surface area contributed by atoms with Crippen LogP contribution < -0.4 is 11.1 Å². The number of hydrogen-bond donors (Lipinski definition) is 2. The standard InChI is InChI=1S/C14H18ClFN2O.ClH/c15-12-6-9(4-5-13(12)16)8-18-14(19)11-3-1-2-10(11)7-17;/h4-6,10-11H,1-3,7-8,17H2,(H,18,19);1H/t10-,11-;/m1./s1. The molecule has 1 aromatic carbocycles. The van der Waals surface area contributed by atoms with Crippen LogP contribution in [0.25, 0.3) is 0 Å². The van der Waals surface area contributed by atoms with Crippen molar-refractivity contribution < 1.29 is 9.18 Å². The summed E-state index contributed by atoms with van der Waals surface area (Å²) in [6, 6.07) is 4.46. The van der Waals surface area contributed by atoms with Crippen molar-refractivity contribution in [2.45, 2.75) is 25.8 Å². The minimum Gasteiger partial charge on any atom is -0.352 e. The van der Waals surface area contributed by atoms with Crippen LogP contribution in [0.4, 0.5) is 4.39 Å². The van der Waals surface area contributed by atoms with Gasteiger partial charge in [-0.3, -0.25) is 4.79 Å². The van der Waals surface area contributed by atoms with Gasteiger partial charge in [0.25, 0.3) is 0 Å². The van der Waals surface area contributed by atoms with Gasteiger partial charge in [-0.25, -0.2) is 4.39 Å². The number of nitrogens with two attached hydrogens (primary N) is 1. The van der Waals surface area contributed by atoms with Crippen LogP contribution in [-0.2, 0) is 11.3 Å². The van der Waals surface area contributed by atoms with Gasteiger partial charge in [0.15, 0.2) is 0 Å². The SMILES string of the molecule is Cl.NC[C@H]1CCC[C@H]1C(=O)NCc1ccc(F)c(Cl)c1. The second-order valence-corrected chi connectivity index (χ2v) is 5.41. The van der Waals surface area contributed by atoms with Crippen molar-refractivity contribution in [1.82, 2.24) is 5.32 Å². The summed E-state index contributed by atoms with van der Waals surface area (Å²) in [5.74, 6) is -0.109. The minimum atomic E-state index is -0.448. The summed E-state index contributed by atoms with van der Waals surface area (Å²) in [4.78, 5) is 12.1. The third kappa shape index (κ3) is 4.08. The van der Waals surface area contributed by atoms with Gasteiger partial charge in [-0.2, -0.15) is 0 Å². The lowest BCUT2D eigenvalue weighted by molar-refractivity contribution is -0.126. The zero-order valence-electron chi connectivity index (χ0n) is 11.1. The van der Waals surface area contributed by atoms with Gasteiger partial charge in [0.1, 0.15) is 5.82 Å². The molecular weight excluding hydrogens is 302 g/mol. The van der Waals surface area contributed by atoms with E-state index in [9.17, 15) is 9.18 Å². The van der Waals surface area contributed by atoms with E-state index in [1.165, 1.54) is 12.1 Å². The number of benzene rings is 1. The number of hydrogen-bond acceptors (Lipinski definition) is 2.